The standard InChI is InChI=1S/C19H27NO6/c1-6-12(2)18(19(23)24-5)20-16(21)10-26-17(22)11-25-15-8-7-13(3)14(4)9-15/h7-9,12,18H,6,10-11H2,1-5H3,(H,20,21)/t12-,18-/m1/s1. The number of carbonyl (C=O) groups excluding carboxylic acids is 3. The molecule has 0 aliphatic carbocycles. The number of hydrogen-bond acceptors (Lipinski definition) is 6. The number of carbonyl (C=O) groups is 3. The molecule has 7 heteroatoms. The zero-order valence-electron chi connectivity index (χ0n) is 16.0. The number of aryl methyl sites for hydroxylation is 2. The minimum atomic E-state index is -0.775. The van der Waals surface area contributed by atoms with E-state index in [1.165, 1.54) is 7.11 Å². The zero-order chi connectivity index (χ0) is 19.7. The first-order chi connectivity index (χ1) is 12.3. The van der Waals surface area contributed by atoms with E-state index in [1.54, 1.807) is 6.07 Å². The topological polar surface area (TPSA) is 90.9 Å². The lowest BCUT2D eigenvalue weighted by Gasteiger charge is -2.21. The lowest BCUT2D eigenvalue weighted by Crippen LogP contribution is -2.47. The summed E-state index contributed by atoms with van der Waals surface area (Å²) in [4.78, 5) is 35.4. The maximum absolute atomic E-state index is 11.9. The van der Waals surface area contributed by atoms with Crippen LogP contribution in [0.4, 0.5) is 0 Å². The monoisotopic (exact) mass is 365 g/mol. The molecule has 144 valence electrons. The van der Waals surface area contributed by atoms with E-state index in [1.807, 2.05) is 39.8 Å². The lowest BCUT2D eigenvalue weighted by molar-refractivity contribution is -0.152. The maximum Gasteiger partial charge on any atom is 0.344 e. The van der Waals surface area contributed by atoms with Gasteiger partial charge in [-0.2, -0.15) is 0 Å². The van der Waals surface area contributed by atoms with Gasteiger partial charge in [0.2, 0.25) is 0 Å². The molecule has 26 heavy (non-hydrogen) atoms. The fourth-order valence-corrected chi connectivity index (χ4v) is 2.14. The van der Waals surface area contributed by atoms with Crippen molar-refractivity contribution in [1.82, 2.24) is 5.32 Å². The summed E-state index contributed by atoms with van der Waals surface area (Å²) in [7, 11) is 1.26. The largest absolute Gasteiger partial charge is 0.482 e. The second kappa shape index (κ2) is 10.4. The summed E-state index contributed by atoms with van der Waals surface area (Å²) in [6.45, 7) is 6.86. The minimum Gasteiger partial charge on any atom is -0.482 e. The molecule has 0 spiro atoms. The van der Waals surface area contributed by atoms with Crippen LogP contribution in [0, 0.1) is 19.8 Å². The number of benzene rings is 1. The van der Waals surface area contributed by atoms with E-state index in [9.17, 15) is 14.4 Å². The van der Waals surface area contributed by atoms with Gasteiger partial charge in [0.15, 0.2) is 13.2 Å². The summed E-state index contributed by atoms with van der Waals surface area (Å²) < 4.78 is 14.9. The highest BCUT2D eigenvalue weighted by atomic mass is 16.6. The summed E-state index contributed by atoms with van der Waals surface area (Å²) in [6, 6.07) is 4.70. The Morgan fingerprint density at radius 1 is 1.12 bits per heavy atom. The van der Waals surface area contributed by atoms with Crippen LogP contribution >= 0.6 is 0 Å². The first-order valence-corrected chi connectivity index (χ1v) is 8.51. The van der Waals surface area contributed by atoms with Crippen molar-refractivity contribution in [2.75, 3.05) is 20.3 Å². The van der Waals surface area contributed by atoms with Gasteiger partial charge in [0, 0.05) is 0 Å². The molecule has 0 aliphatic rings. The molecular formula is C19H27NO6. The Kier molecular flexibility index (Phi) is 8.61. The predicted octanol–water partition coefficient (Wildman–Crippen LogP) is 1.93. The van der Waals surface area contributed by atoms with Gasteiger partial charge in [0.05, 0.1) is 7.11 Å². The quantitative estimate of drug-likeness (QED) is 0.673. The minimum absolute atomic E-state index is 0.102. The molecule has 1 amide bonds. The van der Waals surface area contributed by atoms with Crippen molar-refractivity contribution in [3.8, 4) is 5.75 Å². The molecule has 1 aromatic carbocycles. The molecule has 0 bridgehead atoms. The summed E-state index contributed by atoms with van der Waals surface area (Å²) in [5.74, 6) is -1.32. The van der Waals surface area contributed by atoms with Crippen LogP contribution in [0.15, 0.2) is 18.2 Å². The second-order valence-corrected chi connectivity index (χ2v) is 6.15. The van der Waals surface area contributed by atoms with Crippen molar-refractivity contribution in [3.63, 3.8) is 0 Å². The first-order valence-electron chi connectivity index (χ1n) is 8.51. The number of methoxy groups -OCH3 is 1. The Hall–Kier alpha value is -2.57. The van der Waals surface area contributed by atoms with Crippen molar-refractivity contribution in [2.45, 2.75) is 40.2 Å². The number of esters is 2. The van der Waals surface area contributed by atoms with Crippen LogP contribution in [0.1, 0.15) is 31.4 Å². The molecule has 0 saturated carbocycles. The highest BCUT2D eigenvalue weighted by Gasteiger charge is 2.26. The summed E-state index contributed by atoms with van der Waals surface area (Å²) in [6.07, 6.45) is 0.684. The lowest BCUT2D eigenvalue weighted by atomic mass is 9.99. The Labute approximate surface area is 154 Å². The van der Waals surface area contributed by atoms with Gasteiger partial charge in [-0.25, -0.2) is 9.59 Å². The van der Waals surface area contributed by atoms with E-state index < -0.39 is 30.5 Å². The molecule has 1 aromatic rings. The van der Waals surface area contributed by atoms with Crippen LogP contribution in [0.5, 0.6) is 5.75 Å². The molecule has 0 saturated heterocycles. The third kappa shape index (κ3) is 6.74. The van der Waals surface area contributed by atoms with Crippen LogP contribution in [0.2, 0.25) is 0 Å². The van der Waals surface area contributed by atoms with E-state index in [2.05, 4.69) is 10.1 Å². The Balaban J connectivity index is 2.44. The van der Waals surface area contributed by atoms with E-state index in [0.717, 1.165) is 11.1 Å². The summed E-state index contributed by atoms with van der Waals surface area (Å²) in [5, 5.41) is 2.53. The van der Waals surface area contributed by atoms with Crippen LogP contribution in [-0.4, -0.2) is 44.2 Å². The zero-order valence-corrected chi connectivity index (χ0v) is 16.0. The Morgan fingerprint density at radius 3 is 2.38 bits per heavy atom. The molecule has 1 N–H and O–H groups in total. The van der Waals surface area contributed by atoms with Gasteiger partial charge in [0.25, 0.3) is 5.91 Å². The second-order valence-electron chi connectivity index (χ2n) is 6.15. The van der Waals surface area contributed by atoms with Crippen molar-refractivity contribution in [2.24, 2.45) is 5.92 Å². The molecule has 0 aromatic heterocycles. The SMILES string of the molecule is CC[C@@H](C)[C@@H](NC(=O)COC(=O)COc1ccc(C)c(C)c1)C(=O)OC. The number of rotatable bonds is 9. The van der Waals surface area contributed by atoms with Gasteiger partial charge in [0.1, 0.15) is 11.8 Å². The highest BCUT2D eigenvalue weighted by Crippen LogP contribution is 2.16. The van der Waals surface area contributed by atoms with Crippen molar-refractivity contribution in [3.05, 3.63) is 29.3 Å². The van der Waals surface area contributed by atoms with E-state index >= 15 is 0 Å². The average Bonchev–Trinajstić information content (AvgIpc) is 2.64. The third-order valence-corrected chi connectivity index (χ3v) is 4.18. The fourth-order valence-electron chi connectivity index (χ4n) is 2.14. The summed E-state index contributed by atoms with van der Waals surface area (Å²) >= 11 is 0. The molecule has 0 aliphatic heterocycles. The molecule has 0 unspecified atom stereocenters. The van der Waals surface area contributed by atoms with Gasteiger partial charge in [-0.15, -0.1) is 0 Å². The molecule has 0 fully saturated rings. The number of nitrogens with one attached hydrogen (secondary N) is 1. The first kappa shape index (κ1) is 21.5. The Bertz CT molecular complexity index is 643. The van der Waals surface area contributed by atoms with Gasteiger partial charge < -0.3 is 19.5 Å². The molecule has 0 radical (unpaired) electrons. The average molecular weight is 365 g/mol. The van der Waals surface area contributed by atoms with Crippen LogP contribution in [-0.2, 0) is 23.9 Å². The normalized spacial score (nSPS) is 12.7. The number of ether oxygens (including phenoxy) is 3. The summed E-state index contributed by atoms with van der Waals surface area (Å²) in [5.41, 5.74) is 2.17. The molecule has 2 atom stereocenters. The van der Waals surface area contributed by atoms with Crippen molar-refractivity contribution in [1.29, 1.82) is 0 Å². The van der Waals surface area contributed by atoms with Gasteiger partial charge in [-0.05, 0) is 43.0 Å². The van der Waals surface area contributed by atoms with Gasteiger partial charge in [-0.3, -0.25) is 4.79 Å². The van der Waals surface area contributed by atoms with Crippen LogP contribution in [0.25, 0.3) is 0 Å². The van der Waals surface area contributed by atoms with Crippen molar-refractivity contribution < 1.29 is 28.6 Å². The van der Waals surface area contributed by atoms with Gasteiger partial charge >= 0.3 is 11.9 Å². The van der Waals surface area contributed by atoms with E-state index in [-0.39, 0.29) is 12.5 Å². The van der Waals surface area contributed by atoms with Crippen LogP contribution in [0.3, 0.4) is 0 Å². The molecule has 1 rings (SSSR count). The van der Waals surface area contributed by atoms with E-state index in [0.29, 0.717) is 12.2 Å². The van der Waals surface area contributed by atoms with E-state index in [4.69, 9.17) is 9.47 Å². The molecular weight excluding hydrogens is 338 g/mol. The van der Waals surface area contributed by atoms with Crippen LogP contribution < -0.4 is 10.1 Å². The Morgan fingerprint density at radius 2 is 1.81 bits per heavy atom. The molecule has 0 heterocycles. The maximum atomic E-state index is 11.9. The predicted molar refractivity (Wildman–Crippen MR) is 95.8 cm³/mol. The molecule has 7 nitrogen and oxygen atoms in total. The number of amides is 1. The highest BCUT2D eigenvalue weighted by molar-refractivity contribution is 5.86. The smallest absolute Gasteiger partial charge is 0.344 e. The van der Waals surface area contributed by atoms with Crippen molar-refractivity contribution >= 4 is 17.8 Å². The number of hydrogen-bond donors (Lipinski definition) is 1. The van der Waals surface area contributed by atoms with Gasteiger partial charge in [-0.1, -0.05) is 26.3 Å². The third-order valence-electron chi connectivity index (χ3n) is 4.18. The fraction of sp³-hybridized carbons (Fsp3) is 0.526.